The molecule has 0 aromatic carbocycles. The third-order valence-electron chi connectivity index (χ3n) is 3.71. The van der Waals surface area contributed by atoms with Crippen molar-refractivity contribution in [2.75, 3.05) is 0 Å². The van der Waals surface area contributed by atoms with Gasteiger partial charge in [-0.2, -0.15) is 0 Å². The smallest absolute Gasteiger partial charge is 1.00 e. The molecule has 0 aromatic heterocycles. The van der Waals surface area contributed by atoms with E-state index in [1.165, 1.54) is 96.3 Å². The van der Waals surface area contributed by atoms with Gasteiger partial charge < -0.3 is 1.43 Å². The Hall–Kier alpha value is 1.00. The fourth-order valence-electron chi connectivity index (χ4n) is 2.44. The SMILES string of the molecule is CCCCCCCCCCCCCCCCC.[H-].[Na+]. The van der Waals surface area contributed by atoms with Gasteiger partial charge in [0.25, 0.3) is 0 Å². The molecule has 0 aliphatic rings. The molecule has 0 heterocycles. The van der Waals surface area contributed by atoms with E-state index in [2.05, 4.69) is 13.8 Å². The van der Waals surface area contributed by atoms with E-state index in [-0.39, 0.29) is 31.0 Å². The first-order valence-corrected chi connectivity index (χ1v) is 8.41. The zero-order chi connectivity index (χ0) is 12.6. The maximum atomic E-state index is 2.29. The fraction of sp³-hybridized carbons (Fsp3) is 1.00. The average Bonchev–Trinajstić information content (AvgIpc) is 2.35. The van der Waals surface area contributed by atoms with Crippen LogP contribution in [0.5, 0.6) is 0 Å². The first kappa shape index (κ1) is 21.3. The van der Waals surface area contributed by atoms with Gasteiger partial charge in [-0.15, -0.1) is 0 Å². The summed E-state index contributed by atoms with van der Waals surface area (Å²) in [6.45, 7) is 4.58. The Bertz CT molecular complexity index is 114. The minimum absolute atomic E-state index is 0. The van der Waals surface area contributed by atoms with Crippen LogP contribution in [0.4, 0.5) is 0 Å². The predicted molar refractivity (Wildman–Crippen MR) is 81.7 cm³/mol. The van der Waals surface area contributed by atoms with Crippen molar-refractivity contribution in [1.29, 1.82) is 0 Å². The van der Waals surface area contributed by atoms with Crippen LogP contribution in [0.25, 0.3) is 0 Å². The third-order valence-corrected chi connectivity index (χ3v) is 3.71. The Kier molecular flexibility index (Phi) is 24.0. The quantitative estimate of drug-likeness (QED) is 0.329. The van der Waals surface area contributed by atoms with Gasteiger partial charge in [-0.25, -0.2) is 0 Å². The van der Waals surface area contributed by atoms with E-state index in [0.717, 1.165) is 0 Å². The van der Waals surface area contributed by atoms with Crippen molar-refractivity contribution >= 4 is 0 Å². The molecular formula is C17H37Na. The van der Waals surface area contributed by atoms with Gasteiger partial charge in [0.2, 0.25) is 0 Å². The van der Waals surface area contributed by atoms with E-state index in [0.29, 0.717) is 0 Å². The molecule has 0 rings (SSSR count). The summed E-state index contributed by atoms with van der Waals surface area (Å²) in [7, 11) is 0. The van der Waals surface area contributed by atoms with Gasteiger partial charge in [0.1, 0.15) is 0 Å². The van der Waals surface area contributed by atoms with Crippen LogP contribution in [-0.4, -0.2) is 0 Å². The molecule has 0 amide bonds. The molecule has 1 heteroatoms. The zero-order valence-electron chi connectivity index (χ0n) is 14.6. The van der Waals surface area contributed by atoms with Crippen LogP contribution in [0, 0.1) is 0 Å². The van der Waals surface area contributed by atoms with Crippen molar-refractivity contribution in [3.8, 4) is 0 Å². The Balaban J connectivity index is -0.00000128. The molecule has 0 radical (unpaired) electrons. The second-order valence-corrected chi connectivity index (χ2v) is 5.60. The molecule has 0 atom stereocenters. The van der Waals surface area contributed by atoms with Crippen molar-refractivity contribution in [3.63, 3.8) is 0 Å². The van der Waals surface area contributed by atoms with E-state index >= 15 is 0 Å². The molecule has 0 spiro atoms. The normalized spacial score (nSPS) is 10.3. The fourth-order valence-corrected chi connectivity index (χ4v) is 2.44. The van der Waals surface area contributed by atoms with Gasteiger partial charge in [0.05, 0.1) is 0 Å². The van der Waals surface area contributed by atoms with Crippen molar-refractivity contribution in [3.05, 3.63) is 0 Å². The topological polar surface area (TPSA) is 0 Å². The minimum atomic E-state index is 0. The zero-order valence-corrected chi connectivity index (χ0v) is 15.6. The van der Waals surface area contributed by atoms with Gasteiger partial charge in [-0.3, -0.25) is 0 Å². The van der Waals surface area contributed by atoms with Crippen LogP contribution in [-0.2, 0) is 0 Å². The molecule has 0 fully saturated rings. The number of hydrogen-bond acceptors (Lipinski definition) is 0. The molecule has 0 saturated carbocycles. The van der Waals surface area contributed by atoms with Crippen LogP contribution >= 0.6 is 0 Å². The van der Waals surface area contributed by atoms with E-state index in [9.17, 15) is 0 Å². The van der Waals surface area contributed by atoms with Gasteiger partial charge >= 0.3 is 29.6 Å². The first-order chi connectivity index (χ1) is 8.41. The summed E-state index contributed by atoms with van der Waals surface area (Å²) in [5.74, 6) is 0. The predicted octanol–water partition coefficient (Wildman–Crippen LogP) is 3.99. The van der Waals surface area contributed by atoms with Crippen LogP contribution in [0.15, 0.2) is 0 Å². The third kappa shape index (κ3) is 19.3. The molecule has 18 heavy (non-hydrogen) atoms. The number of hydrogen-bond donors (Lipinski definition) is 0. The maximum Gasteiger partial charge on any atom is 1.00 e. The Morgan fingerprint density at radius 3 is 0.722 bits per heavy atom. The Morgan fingerprint density at radius 1 is 0.389 bits per heavy atom. The summed E-state index contributed by atoms with van der Waals surface area (Å²) in [5.41, 5.74) is 0. The molecule has 0 nitrogen and oxygen atoms in total. The Labute approximate surface area is 140 Å². The van der Waals surface area contributed by atoms with E-state index in [1.54, 1.807) is 0 Å². The summed E-state index contributed by atoms with van der Waals surface area (Å²) in [4.78, 5) is 0. The van der Waals surface area contributed by atoms with Gasteiger partial charge in [-0.1, -0.05) is 110 Å². The molecule has 0 saturated heterocycles. The molecule has 0 aromatic rings. The maximum absolute atomic E-state index is 2.29. The van der Waals surface area contributed by atoms with E-state index in [1.807, 2.05) is 0 Å². The van der Waals surface area contributed by atoms with E-state index in [4.69, 9.17) is 0 Å². The molecule has 106 valence electrons. The molecule has 0 unspecified atom stereocenters. The molecule has 0 aliphatic carbocycles. The summed E-state index contributed by atoms with van der Waals surface area (Å²) < 4.78 is 0. The summed E-state index contributed by atoms with van der Waals surface area (Å²) in [5, 5.41) is 0. The van der Waals surface area contributed by atoms with Crippen molar-refractivity contribution in [2.24, 2.45) is 0 Å². The second-order valence-electron chi connectivity index (χ2n) is 5.60. The molecule has 0 aliphatic heterocycles. The van der Waals surface area contributed by atoms with Gasteiger partial charge in [-0.05, 0) is 0 Å². The second kappa shape index (κ2) is 20.3. The van der Waals surface area contributed by atoms with Gasteiger partial charge in [0, 0.05) is 0 Å². The van der Waals surface area contributed by atoms with Crippen molar-refractivity contribution in [2.45, 2.75) is 110 Å². The van der Waals surface area contributed by atoms with E-state index < -0.39 is 0 Å². The molecular weight excluding hydrogens is 227 g/mol. The van der Waals surface area contributed by atoms with Crippen molar-refractivity contribution < 1.29 is 31.0 Å². The molecule has 0 N–H and O–H groups in total. The first-order valence-electron chi connectivity index (χ1n) is 8.41. The standard InChI is InChI=1S/C17H36.Na.H/c1-3-5-7-9-11-13-15-17-16-14-12-10-8-6-4-2;;/h3-17H2,1-2H3;;/q;+1;-1. The van der Waals surface area contributed by atoms with Crippen LogP contribution in [0.2, 0.25) is 0 Å². The summed E-state index contributed by atoms with van der Waals surface area (Å²) >= 11 is 0. The van der Waals surface area contributed by atoms with Crippen LogP contribution in [0.3, 0.4) is 0 Å². The largest absolute Gasteiger partial charge is 1.00 e. The average molecular weight is 264 g/mol. The summed E-state index contributed by atoms with van der Waals surface area (Å²) in [6, 6.07) is 0. The number of rotatable bonds is 14. The number of unbranched alkanes of at least 4 members (excludes halogenated alkanes) is 14. The molecule has 0 bridgehead atoms. The van der Waals surface area contributed by atoms with Crippen molar-refractivity contribution in [1.82, 2.24) is 0 Å². The monoisotopic (exact) mass is 264 g/mol. The van der Waals surface area contributed by atoms with Gasteiger partial charge in [0.15, 0.2) is 0 Å². The minimum Gasteiger partial charge on any atom is -1.00 e. The summed E-state index contributed by atoms with van der Waals surface area (Å²) in [6.07, 6.45) is 21.9. The van der Waals surface area contributed by atoms with Crippen LogP contribution in [0.1, 0.15) is 112 Å². The Morgan fingerprint density at radius 2 is 0.556 bits per heavy atom. The van der Waals surface area contributed by atoms with Crippen LogP contribution < -0.4 is 29.6 Å².